The van der Waals surface area contributed by atoms with Gasteiger partial charge in [-0.05, 0) is 43.6 Å². The van der Waals surface area contributed by atoms with Gasteiger partial charge in [0.1, 0.15) is 0 Å². The number of hydrogen-bond donors (Lipinski definition) is 3. The van der Waals surface area contributed by atoms with Crippen molar-refractivity contribution in [3.8, 4) is 0 Å². The lowest BCUT2D eigenvalue weighted by Gasteiger charge is -2.18. The molecule has 0 aliphatic heterocycles. The van der Waals surface area contributed by atoms with Crippen molar-refractivity contribution in [3.63, 3.8) is 0 Å². The van der Waals surface area contributed by atoms with Crippen LogP contribution in [0.3, 0.4) is 0 Å². The molecule has 0 saturated heterocycles. The van der Waals surface area contributed by atoms with Gasteiger partial charge in [-0.25, -0.2) is 0 Å². The fourth-order valence-electron chi connectivity index (χ4n) is 2.31. The molecule has 0 fully saturated rings. The number of nitrogens with one attached hydrogen (secondary N) is 1. The summed E-state index contributed by atoms with van der Waals surface area (Å²) < 4.78 is 0. The average molecular weight is 286 g/mol. The number of aliphatic carboxylic acids is 1. The first-order chi connectivity index (χ1) is 9.35. The molecule has 0 aromatic rings. The number of amides is 1. The predicted molar refractivity (Wildman–Crippen MR) is 80.3 cm³/mol. The summed E-state index contributed by atoms with van der Waals surface area (Å²) in [5.74, 6) is 0.101. The maximum absolute atomic E-state index is 11.7. The Hall–Kier alpha value is -1.10. The second-order valence-electron chi connectivity index (χ2n) is 6.12. The second-order valence-corrected chi connectivity index (χ2v) is 6.12. The summed E-state index contributed by atoms with van der Waals surface area (Å²) in [7, 11) is 0. The van der Waals surface area contributed by atoms with E-state index in [-0.39, 0.29) is 18.2 Å². The lowest BCUT2D eigenvalue weighted by Crippen LogP contribution is -2.31. The van der Waals surface area contributed by atoms with Crippen molar-refractivity contribution in [2.45, 2.75) is 52.9 Å². The van der Waals surface area contributed by atoms with E-state index in [1.807, 2.05) is 0 Å². The normalized spacial score (nSPS) is 14.1. The summed E-state index contributed by atoms with van der Waals surface area (Å²) in [6.07, 6.45) is 3.18. The lowest BCUT2D eigenvalue weighted by atomic mass is 9.94. The molecule has 20 heavy (non-hydrogen) atoms. The minimum atomic E-state index is -0.804. The van der Waals surface area contributed by atoms with Crippen LogP contribution in [0.2, 0.25) is 0 Å². The van der Waals surface area contributed by atoms with Gasteiger partial charge in [0, 0.05) is 19.4 Å². The molecule has 0 bridgehead atoms. The minimum Gasteiger partial charge on any atom is -0.481 e. The molecular formula is C15H30N2O3. The highest BCUT2D eigenvalue weighted by Crippen LogP contribution is 2.15. The van der Waals surface area contributed by atoms with Crippen molar-refractivity contribution >= 4 is 11.9 Å². The van der Waals surface area contributed by atoms with Gasteiger partial charge in [0.2, 0.25) is 5.91 Å². The van der Waals surface area contributed by atoms with E-state index in [0.717, 1.165) is 19.3 Å². The standard InChI is InChI=1S/C15H30N2O3/c1-11(2)8-13(9-15(19)20)10-17-14(18)5-4-12(3)6-7-16/h11-13H,4-10,16H2,1-3H3,(H,17,18)(H,19,20). The number of carbonyl (C=O) groups is 2. The molecular weight excluding hydrogens is 256 g/mol. The van der Waals surface area contributed by atoms with Gasteiger partial charge in [0.05, 0.1) is 0 Å². The van der Waals surface area contributed by atoms with Gasteiger partial charge in [-0.2, -0.15) is 0 Å². The lowest BCUT2D eigenvalue weighted by molar-refractivity contribution is -0.138. The van der Waals surface area contributed by atoms with Gasteiger partial charge >= 0.3 is 5.97 Å². The largest absolute Gasteiger partial charge is 0.481 e. The zero-order valence-electron chi connectivity index (χ0n) is 13.0. The zero-order chi connectivity index (χ0) is 15.5. The molecule has 0 aromatic carbocycles. The van der Waals surface area contributed by atoms with Crippen LogP contribution in [0.25, 0.3) is 0 Å². The summed E-state index contributed by atoms with van der Waals surface area (Å²) >= 11 is 0. The quantitative estimate of drug-likeness (QED) is 0.541. The highest BCUT2D eigenvalue weighted by Gasteiger charge is 2.16. The molecule has 5 heteroatoms. The van der Waals surface area contributed by atoms with Crippen LogP contribution in [-0.2, 0) is 9.59 Å². The molecule has 118 valence electrons. The van der Waals surface area contributed by atoms with E-state index in [1.54, 1.807) is 0 Å². The molecule has 0 aliphatic carbocycles. The third-order valence-corrected chi connectivity index (χ3v) is 3.38. The fraction of sp³-hybridized carbons (Fsp3) is 0.867. The van der Waals surface area contributed by atoms with Gasteiger partial charge in [0.25, 0.3) is 0 Å². The van der Waals surface area contributed by atoms with Crippen molar-refractivity contribution in [2.24, 2.45) is 23.5 Å². The van der Waals surface area contributed by atoms with Crippen LogP contribution in [0, 0.1) is 17.8 Å². The maximum Gasteiger partial charge on any atom is 0.303 e. The first-order valence-corrected chi connectivity index (χ1v) is 7.53. The van der Waals surface area contributed by atoms with Crippen LogP contribution in [-0.4, -0.2) is 30.1 Å². The van der Waals surface area contributed by atoms with Crippen LogP contribution in [0.1, 0.15) is 52.9 Å². The molecule has 0 rings (SSSR count). The Morgan fingerprint density at radius 2 is 1.85 bits per heavy atom. The van der Waals surface area contributed by atoms with Gasteiger partial charge in [-0.3, -0.25) is 9.59 Å². The zero-order valence-corrected chi connectivity index (χ0v) is 13.0. The van der Waals surface area contributed by atoms with Crippen molar-refractivity contribution in [3.05, 3.63) is 0 Å². The summed E-state index contributed by atoms with van der Waals surface area (Å²) in [6.45, 7) is 7.31. The van der Waals surface area contributed by atoms with Crippen LogP contribution < -0.4 is 11.1 Å². The smallest absolute Gasteiger partial charge is 0.303 e. The summed E-state index contributed by atoms with van der Waals surface area (Å²) in [4.78, 5) is 22.5. The maximum atomic E-state index is 11.7. The van der Waals surface area contributed by atoms with Crippen molar-refractivity contribution in [2.75, 3.05) is 13.1 Å². The van der Waals surface area contributed by atoms with E-state index < -0.39 is 5.97 Å². The van der Waals surface area contributed by atoms with E-state index in [9.17, 15) is 9.59 Å². The van der Waals surface area contributed by atoms with E-state index in [1.165, 1.54) is 0 Å². The average Bonchev–Trinajstić information content (AvgIpc) is 2.32. The molecule has 0 spiro atoms. The number of carboxylic acids is 1. The summed E-state index contributed by atoms with van der Waals surface area (Å²) in [6, 6.07) is 0. The molecule has 2 unspecified atom stereocenters. The molecule has 0 heterocycles. The Morgan fingerprint density at radius 1 is 1.20 bits per heavy atom. The van der Waals surface area contributed by atoms with Gasteiger partial charge in [-0.1, -0.05) is 20.8 Å². The highest BCUT2D eigenvalue weighted by atomic mass is 16.4. The molecule has 1 amide bonds. The molecule has 0 aromatic heterocycles. The number of nitrogens with two attached hydrogens (primary N) is 1. The Morgan fingerprint density at radius 3 is 2.35 bits per heavy atom. The van der Waals surface area contributed by atoms with E-state index in [2.05, 4.69) is 26.1 Å². The van der Waals surface area contributed by atoms with E-state index in [4.69, 9.17) is 10.8 Å². The first-order valence-electron chi connectivity index (χ1n) is 7.53. The van der Waals surface area contributed by atoms with Crippen LogP contribution in [0.5, 0.6) is 0 Å². The van der Waals surface area contributed by atoms with Crippen LogP contribution in [0.15, 0.2) is 0 Å². The van der Waals surface area contributed by atoms with E-state index in [0.29, 0.717) is 31.3 Å². The number of rotatable bonds is 11. The predicted octanol–water partition coefficient (Wildman–Crippen LogP) is 2.00. The molecule has 4 N–H and O–H groups in total. The van der Waals surface area contributed by atoms with Gasteiger partial charge in [-0.15, -0.1) is 0 Å². The summed E-state index contributed by atoms with van der Waals surface area (Å²) in [5, 5.41) is 11.7. The van der Waals surface area contributed by atoms with Gasteiger partial charge in [0.15, 0.2) is 0 Å². The first kappa shape index (κ1) is 18.9. The fourth-order valence-corrected chi connectivity index (χ4v) is 2.31. The Labute approximate surface area is 122 Å². The molecule has 0 aliphatic rings. The minimum absolute atomic E-state index is 0.00742. The number of carboxylic acid groups (broad SMARTS) is 1. The van der Waals surface area contributed by atoms with Crippen molar-refractivity contribution < 1.29 is 14.7 Å². The molecule has 0 saturated carbocycles. The number of hydrogen-bond acceptors (Lipinski definition) is 3. The van der Waals surface area contributed by atoms with Crippen LogP contribution >= 0.6 is 0 Å². The Balaban J connectivity index is 4.00. The Bertz CT molecular complexity index is 293. The Kier molecular flexibility index (Phi) is 10.1. The van der Waals surface area contributed by atoms with E-state index >= 15 is 0 Å². The molecule has 2 atom stereocenters. The monoisotopic (exact) mass is 286 g/mol. The van der Waals surface area contributed by atoms with Gasteiger partial charge < -0.3 is 16.2 Å². The summed E-state index contributed by atoms with van der Waals surface area (Å²) in [5.41, 5.74) is 5.47. The third kappa shape index (κ3) is 10.8. The van der Waals surface area contributed by atoms with Crippen LogP contribution in [0.4, 0.5) is 0 Å². The van der Waals surface area contributed by atoms with Crippen molar-refractivity contribution in [1.82, 2.24) is 5.32 Å². The highest BCUT2D eigenvalue weighted by molar-refractivity contribution is 5.76. The third-order valence-electron chi connectivity index (χ3n) is 3.38. The van der Waals surface area contributed by atoms with Crippen molar-refractivity contribution in [1.29, 1.82) is 0 Å². The molecule has 5 nitrogen and oxygen atoms in total. The number of carbonyl (C=O) groups excluding carboxylic acids is 1. The second kappa shape index (κ2) is 10.7. The molecule has 0 radical (unpaired) electrons. The SMILES string of the molecule is CC(C)CC(CNC(=O)CCC(C)CCN)CC(=O)O. The topological polar surface area (TPSA) is 92.4 Å².